The molecular weight excluding hydrogens is 482 g/mol. The van der Waals surface area contributed by atoms with Crippen molar-refractivity contribution in [2.45, 2.75) is 108 Å². The quantitative estimate of drug-likeness (QED) is 0.460. The molecule has 38 heavy (non-hydrogen) atoms. The third-order valence-electron chi connectivity index (χ3n) is 9.72. The predicted molar refractivity (Wildman–Crippen MR) is 143 cm³/mol. The van der Waals surface area contributed by atoms with Crippen LogP contribution in [-0.4, -0.2) is 63.7 Å². The van der Waals surface area contributed by atoms with Gasteiger partial charge in [0.2, 0.25) is 17.7 Å². The molecule has 1 aromatic rings. The van der Waals surface area contributed by atoms with Crippen LogP contribution in [0.5, 0.6) is 0 Å². The van der Waals surface area contributed by atoms with Gasteiger partial charge in [0.05, 0.1) is 30.1 Å². The molecule has 8 nitrogen and oxygen atoms in total. The van der Waals surface area contributed by atoms with E-state index in [-0.39, 0.29) is 36.3 Å². The summed E-state index contributed by atoms with van der Waals surface area (Å²) in [4.78, 5) is 43.8. The summed E-state index contributed by atoms with van der Waals surface area (Å²) in [5.41, 5.74) is -0.860. The summed E-state index contributed by atoms with van der Waals surface area (Å²) in [6.07, 6.45) is 6.97. The van der Waals surface area contributed by atoms with Crippen LogP contribution in [0.4, 0.5) is 0 Å². The topological polar surface area (TPSA) is 108 Å². The maximum atomic E-state index is 14.3. The Kier molecular flexibility index (Phi) is 7.57. The van der Waals surface area contributed by atoms with Gasteiger partial charge in [-0.2, -0.15) is 0 Å². The van der Waals surface area contributed by atoms with E-state index >= 15 is 0 Å². The van der Waals surface area contributed by atoms with Gasteiger partial charge >= 0.3 is 0 Å². The maximum absolute atomic E-state index is 14.3. The van der Waals surface area contributed by atoms with E-state index in [1.54, 1.807) is 4.90 Å². The molecule has 1 aromatic carbocycles. The van der Waals surface area contributed by atoms with E-state index in [0.29, 0.717) is 25.8 Å². The number of fused-ring (bicyclic) bond motifs is 1. The number of hydrogen-bond donors (Lipinski definition) is 3. The van der Waals surface area contributed by atoms with Crippen molar-refractivity contribution >= 4 is 17.7 Å². The average molecular weight is 526 g/mol. The van der Waals surface area contributed by atoms with Crippen LogP contribution >= 0.6 is 0 Å². The van der Waals surface area contributed by atoms with Crippen LogP contribution in [0.1, 0.15) is 77.7 Å². The van der Waals surface area contributed by atoms with E-state index in [1.807, 2.05) is 51.1 Å². The van der Waals surface area contributed by atoms with Crippen LogP contribution in [0.3, 0.4) is 0 Å². The smallest absolute Gasteiger partial charge is 0.246 e. The molecule has 4 aliphatic rings. The lowest BCUT2D eigenvalue weighted by Crippen LogP contribution is -2.60. The minimum Gasteiger partial charge on any atom is -0.394 e. The minimum absolute atomic E-state index is 0.0631. The van der Waals surface area contributed by atoms with Crippen LogP contribution < -0.4 is 10.6 Å². The molecule has 6 atom stereocenters. The minimum atomic E-state index is -1.07. The number of nitrogens with one attached hydrogen (secondary N) is 2. The molecule has 3 amide bonds. The van der Waals surface area contributed by atoms with Crippen molar-refractivity contribution in [1.29, 1.82) is 0 Å². The first-order chi connectivity index (χ1) is 18.3. The Morgan fingerprint density at radius 2 is 1.82 bits per heavy atom. The van der Waals surface area contributed by atoms with Gasteiger partial charge in [-0.15, -0.1) is 0 Å². The summed E-state index contributed by atoms with van der Waals surface area (Å²) in [5.74, 6) is -2.14. The monoisotopic (exact) mass is 525 g/mol. The molecule has 5 rings (SSSR count). The Morgan fingerprint density at radius 3 is 2.45 bits per heavy atom. The van der Waals surface area contributed by atoms with Crippen molar-refractivity contribution in [2.24, 2.45) is 17.8 Å². The van der Waals surface area contributed by atoms with E-state index in [9.17, 15) is 19.5 Å². The number of aliphatic hydroxyl groups excluding tert-OH is 1. The fraction of sp³-hybridized carbons (Fsp3) is 0.700. The summed E-state index contributed by atoms with van der Waals surface area (Å²) < 4.78 is 6.84. The van der Waals surface area contributed by atoms with E-state index in [4.69, 9.17) is 4.74 Å². The van der Waals surface area contributed by atoms with E-state index in [2.05, 4.69) is 10.6 Å². The summed E-state index contributed by atoms with van der Waals surface area (Å²) in [5, 5.41) is 16.7. The average Bonchev–Trinajstić information content (AvgIpc) is 3.52. The number of amides is 3. The van der Waals surface area contributed by atoms with Gasteiger partial charge in [-0.3, -0.25) is 14.4 Å². The standard InChI is InChI=1S/C30H43N3O5/c1-4-29-15-16-30(38-29)24(23(29)26(35)31-17-20-11-7-5-8-12-20)28(37)33(22(18-34)19(2)3)25(30)27(36)32-21-13-9-6-10-14-21/h5,7-8,11-12,19,21-25,34H,4,6,9-10,13-18H2,1-3H3,(H,31,35)(H,32,36)/t22-,23-,24-,25?,29+,30?/m0/s1. The number of rotatable bonds is 9. The first-order valence-electron chi connectivity index (χ1n) is 14.5. The lowest BCUT2D eigenvalue weighted by Gasteiger charge is -2.39. The van der Waals surface area contributed by atoms with Gasteiger partial charge in [0.15, 0.2) is 0 Å². The molecule has 0 radical (unpaired) electrons. The van der Waals surface area contributed by atoms with Gasteiger partial charge in [-0.1, -0.05) is 70.4 Å². The number of aliphatic hydroxyl groups is 1. The third kappa shape index (κ3) is 4.34. The van der Waals surface area contributed by atoms with Crippen molar-refractivity contribution in [1.82, 2.24) is 15.5 Å². The zero-order chi connectivity index (χ0) is 27.1. The number of nitrogens with zero attached hydrogens (tertiary/aromatic N) is 1. The second-order valence-corrected chi connectivity index (χ2v) is 12.1. The molecule has 0 aromatic heterocycles. The summed E-state index contributed by atoms with van der Waals surface area (Å²) in [6.45, 7) is 6.02. The normalized spacial score (nSPS) is 33.4. The van der Waals surface area contributed by atoms with Crippen LogP contribution in [0.25, 0.3) is 0 Å². The number of ether oxygens (including phenoxy) is 1. The first-order valence-corrected chi connectivity index (χ1v) is 14.5. The van der Waals surface area contributed by atoms with Crippen molar-refractivity contribution < 1.29 is 24.2 Å². The van der Waals surface area contributed by atoms with Gasteiger partial charge in [-0.25, -0.2) is 0 Å². The molecule has 1 spiro atoms. The Morgan fingerprint density at radius 1 is 1.11 bits per heavy atom. The van der Waals surface area contributed by atoms with Gasteiger partial charge in [0.25, 0.3) is 0 Å². The van der Waals surface area contributed by atoms with Crippen LogP contribution in [0.2, 0.25) is 0 Å². The summed E-state index contributed by atoms with van der Waals surface area (Å²) >= 11 is 0. The number of carbonyl (C=O) groups excluding carboxylic acids is 3. The van der Waals surface area contributed by atoms with Crippen LogP contribution in [-0.2, 0) is 25.7 Å². The Hall–Kier alpha value is -2.45. The molecule has 3 heterocycles. The van der Waals surface area contributed by atoms with Crippen LogP contribution in [0.15, 0.2) is 30.3 Å². The molecule has 1 aliphatic carbocycles. The highest BCUT2D eigenvalue weighted by Crippen LogP contribution is 2.64. The first kappa shape index (κ1) is 27.1. The highest BCUT2D eigenvalue weighted by Gasteiger charge is 2.79. The summed E-state index contributed by atoms with van der Waals surface area (Å²) in [7, 11) is 0. The molecular formula is C30H43N3O5. The lowest BCUT2D eigenvalue weighted by molar-refractivity contribution is -0.152. The van der Waals surface area contributed by atoms with E-state index < -0.39 is 35.1 Å². The molecule has 2 unspecified atom stereocenters. The number of hydrogen-bond acceptors (Lipinski definition) is 5. The molecule has 208 valence electrons. The Balaban J connectivity index is 1.49. The molecule has 2 bridgehead atoms. The zero-order valence-electron chi connectivity index (χ0n) is 22.9. The molecule has 1 saturated carbocycles. The molecule has 3 N–H and O–H groups in total. The number of likely N-dealkylation sites (tertiary alicyclic amines) is 1. The van der Waals surface area contributed by atoms with Crippen molar-refractivity contribution in [2.75, 3.05) is 6.61 Å². The van der Waals surface area contributed by atoms with E-state index in [0.717, 1.165) is 31.2 Å². The van der Waals surface area contributed by atoms with Crippen molar-refractivity contribution in [3.8, 4) is 0 Å². The van der Waals surface area contributed by atoms with Gasteiger partial charge in [0, 0.05) is 12.6 Å². The second kappa shape index (κ2) is 10.6. The SMILES string of the molecule is CC[C@]12CCC3(O1)C(C(=O)NC1CCCCC1)N([C@@H](CO)C(C)C)C(=O)[C@@H]3[C@H]2C(=O)NCc1ccccc1. The third-order valence-corrected chi connectivity index (χ3v) is 9.72. The second-order valence-electron chi connectivity index (χ2n) is 12.1. The molecule has 4 fully saturated rings. The summed E-state index contributed by atoms with van der Waals surface area (Å²) in [6, 6.07) is 8.40. The highest BCUT2D eigenvalue weighted by molar-refractivity contribution is 5.99. The number of carbonyl (C=O) groups is 3. The lowest BCUT2D eigenvalue weighted by atomic mass is 9.65. The molecule has 3 aliphatic heterocycles. The zero-order valence-corrected chi connectivity index (χ0v) is 22.9. The van der Waals surface area contributed by atoms with Crippen LogP contribution in [0, 0.1) is 17.8 Å². The fourth-order valence-corrected chi connectivity index (χ4v) is 7.75. The Bertz CT molecular complexity index is 1040. The number of benzene rings is 1. The maximum Gasteiger partial charge on any atom is 0.246 e. The predicted octanol–water partition coefficient (Wildman–Crippen LogP) is 2.92. The van der Waals surface area contributed by atoms with Gasteiger partial charge in [0.1, 0.15) is 11.6 Å². The Labute approximate surface area is 225 Å². The highest BCUT2D eigenvalue weighted by atomic mass is 16.5. The fourth-order valence-electron chi connectivity index (χ4n) is 7.75. The van der Waals surface area contributed by atoms with Crippen molar-refractivity contribution in [3.63, 3.8) is 0 Å². The van der Waals surface area contributed by atoms with E-state index in [1.165, 1.54) is 6.42 Å². The molecule has 3 saturated heterocycles. The van der Waals surface area contributed by atoms with Gasteiger partial charge < -0.3 is 25.4 Å². The molecule has 8 heteroatoms. The van der Waals surface area contributed by atoms with Crippen molar-refractivity contribution in [3.05, 3.63) is 35.9 Å². The largest absolute Gasteiger partial charge is 0.394 e. The van der Waals surface area contributed by atoms with Gasteiger partial charge in [-0.05, 0) is 43.6 Å².